The lowest BCUT2D eigenvalue weighted by atomic mass is 10.2. The van der Waals surface area contributed by atoms with E-state index in [9.17, 15) is 4.79 Å². The molecule has 1 amide bonds. The summed E-state index contributed by atoms with van der Waals surface area (Å²) >= 11 is 3.82. The number of nitrogens with one attached hydrogen (secondary N) is 1. The van der Waals surface area contributed by atoms with Crippen molar-refractivity contribution < 1.29 is 4.79 Å². The number of thiophene rings is 1. The fraction of sp³-hybridized carbons (Fsp3) is 0.688. The number of aryl methyl sites for hydroxylation is 1. The zero-order chi connectivity index (χ0) is 15.0. The lowest BCUT2D eigenvalue weighted by Crippen LogP contribution is -2.43. The molecule has 0 radical (unpaired) electrons. The molecule has 116 valence electrons. The zero-order valence-corrected chi connectivity index (χ0v) is 14.6. The molecule has 0 aromatic carbocycles. The molecule has 0 spiro atoms. The number of amides is 1. The van der Waals surface area contributed by atoms with Crippen LogP contribution in [0.1, 0.15) is 49.0 Å². The summed E-state index contributed by atoms with van der Waals surface area (Å²) in [5, 5.41) is 4.11. The first-order chi connectivity index (χ1) is 10.1. The summed E-state index contributed by atoms with van der Waals surface area (Å²) in [5.74, 6) is 1.41. The van der Waals surface area contributed by atoms with Gasteiger partial charge in [0.05, 0.1) is 6.04 Å². The summed E-state index contributed by atoms with van der Waals surface area (Å²) in [4.78, 5) is 17.4. The molecule has 1 aromatic rings. The molecule has 1 N–H and O–H groups in total. The second-order valence-electron chi connectivity index (χ2n) is 5.98. The molecule has 1 aliphatic heterocycles. The second kappa shape index (κ2) is 6.31. The average molecular weight is 325 g/mol. The Morgan fingerprint density at radius 3 is 2.90 bits per heavy atom. The molecular weight excluding hydrogens is 300 g/mol. The molecule has 1 aliphatic carbocycles. The average Bonchev–Trinajstić information content (AvgIpc) is 3.13. The number of nitrogens with zero attached hydrogens (tertiary/aromatic N) is 1. The molecule has 2 fully saturated rings. The van der Waals surface area contributed by atoms with Crippen molar-refractivity contribution in [3.05, 3.63) is 21.9 Å². The van der Waals surface area contributed by atoms with E-state index in [1.165, 1.54) is 22.6 Å². The minimum atomic E-state index is -0.0646. The fourth-order valence-corrected chi connectivity index (χ4v) is 5.73. The van der Waals surface area contributed by atoms with Crippen molar-refractivity contribution in [3.63, 3.8) is 0 Å². The van der Waals surface area contributed by atoms with Gasteiger partial charge < -0.3 is 4.90 Å². The summed E-state index contributed by atoms with van der Waals surface area (Å²) < 4.78 is 0. The van der Waals surface area contributed by atoms with Gasteiger partial charge in [0.1, 0.15) is 6.17 Å². The molecule has 21 heavy (non-hydrogen) atoms. The smallest absolute Gasteiger partial charge is 0.241 e. The van der Waals surface area contributed by atoms with Gasteiger partial charge in [-0.1, -0.05) is 13.3 Å². The van der Waals surface area contributed by atoms with E-state index in [4.69, 9.17) is 0 Å². The highest BCUT2D eigenvalue weighted by molar-refractivity contribution is 7.99. The number of hydrogen-bond acceptors (Lipinski definition) is 4. The van der Waals surface area contributed by atoms with Gasteiger partial charge in [-0.2, -0.15) is 11.8 Å². The molecule has 2 aliphatic rings. The summed E-state index contributed by atoms with van der Waals surface area (Å²) in [6.45, 7) is 6.34. The van der Waals surface area contributed by atoms with Crippen molar-refractivity contribution in [2.24, 2.45) is 0 Å². The zero-order valence-electron chi connectivity index (χ0n) is 13.0. The predicted molar refractivity (Wildman–Crippen MR) is 90.8 cm³/mol. The summed E-state index contributed by atoms with van der Waals surface area (Å²) in [6, 6.07) is 4.66. The van der Waals surface area contributed by atoms with Crippen LogP contribution in [0.4, 0.5) is 0 Å². The Labute approximate surface area is 135 Å². The fourth-order valence-electron chi connectivity index (χ4n) is 3.55. The Morgan fingerprint density at radius 2 is 2.24 bits per heavy atom. The number of carbonyl (C=O) groups is 1. The lowest BCUT2D eigenvalue weighted by Gasteiger charge is -2.33. The molecule has 5 heteroatoms. The summed E-state index contributed by atoms with van der Waals surface area (Å²) in [7, 11) is 0. The maximum absolute atomic E-state index is 12.7. The predicted octanol–water partition coefficient (Wildman–Crippen LogP) is 3.55. The SMILES string of the molecule is CCSC1CCCC1N1C(=O)C(C)NC1c1ccc(C)s1. The van der Waals surface area contributed by atoms with E-state index in [0.717, 1.165) is 12.2 Å². The van der Waals surface area contributed by atoms with Crippen LogP contribution in [0.5, 0.6) is 0 Å². The van der Waals surface area contributed by atoms with Gasteiger partial charge in [0.25, 0.3) is 0 Å². The Bertz CT molecular complexity index is 516. The first kappa shape index (κ1) is 15.4. The molecule has 4 unspecified atom stereocenters. The minimum absolute atomic E-state index is 0.0646. The standard InChI is InChI=1S/C16H24N2OS2/c1-4-20-13-7-5-6-12(13)18-15(17-11(3)16(18)19)14-9-8-10(2)21-14/h8-9,11-13,15,17H,4-7H2,1-3H3. The molecule has 3 rings (SSSR count). The van der Waals surface area contributed by atoms with Crippen LogP contribution < -0.4 is 5.32 Å². The van der Waals surface area contributed by atoms with Gasteiger partial charge in [-0.15, -0.1) is 11.3 Å². The van der Waals surface area contributed by atoms with Gasteiger partial charge in [0.2, 0.25) is 5.91 Å². The molecule has 1 saturated carbocycles. The van der Waals surface area contributed by atoms with Crippen molar-refractivity contribution in [1.82, 2.24) is 10.2 Å². The van der Waals surface area contributed by atoms with E-state index in [1.807, 2.05) is 18.7 Å². The van der Waals surface area contributed by atoms with Crippen molar-refractivity contribution in [2.45, 2.75) is 63.5 Å². The number of rotatable bonds is 4. The highest BCUT2D eigenvalue weighted by atomic mass is 32.2. The Hall–Kier alpha value is -0.520. The third-order valence-corrected chi connectivity index (χ3v) is 6.86. The number of thioether (sulfide) groups is 1. The van der Waals surface area contributed by atoms with Crippen molar-refractivity contribution in [1.29, 1.82) is 0 Å². The normalized spacial score (nSPS) is 33.1. The first-order valence-corrected chi connectivity index (χ1v) is 9.74. The van der Waals surface area contributed by atoms with Gasteiger partial charge in [-0.05, 0) is 44.6 Å². The Balaban J connectivity index is 1.87. The largest absolute Gasteiger partial charge is 0.317 e. The molecule has 1 aromatic heterocycles. The molecule has 0 bridgehead atoms. The topological polar surface area (TPSA) is 32.3 Å². The molecule has 1 saturated heterocycles. The summed E-state index contributed by atoms with van der Waals surface area (Å²) in [6.07, 6.45) is 3.72. The van der Waals surface area contributed by atoms with Crippen LogP contribution in [0, 0.1) is 6.92 Å². The van der Waals surface area contributed by atoms with Gasteiger partial charge in [0, 0.05) is 21.0 Å². The second-order valence-corrected chi connectivity index (χ2v) is 8.81. The maximum atomic E-state index is 12.7. The van der Waals surface area contributed by atoms with Crippen LogP contribution in [0.15, 0.2) is 12.1 Å². The number of hydrogen-bond donors (Lipinski definition) is 1. The van der Waals surface area contributed by atoms with Gasteiger partial charge >= 0.3 is 0 Å². The first-order valence-electron chi connectivity index (χ1n) is 7.88. The highest BCUT2D eigenvalue weighted by Gasteiger charge is 2.45. The molecule has 3 nitrogen and oxygen atoms in total. The molecular formula is C16H24N2OS2. The van der Waals surface area contributed by atoms with Crippen LogP contribution in [0.2, 0.25) is 0 Å². The van der Waals surface area contributed by atoms with Crippen LogP contribution >= 0.6 is 23.1 Å². The van der Waals surface area contributed by atoms with Crippen molar-refractivity contribution in [3.8, 4) is 0 Å². The van der Waals surface area contributed by atoms with Crippen molar-refractivity contribution >= 4 is 29.0 Å². The number of carbonyl (C=O) groups excluding carboxylic acids is 1. The Kier molecular flexibility index (Phi) is 4.62. The monoisotopic (exact) mass is 324 g/mol. The third-order valence-electron chi connectivity index (χ3n) is 4.50. The Morgan fingerprint density at radius 1 is 1.43 bits per heavy atom. The van der Waals surface area contributed by atoms with E-state index in [0.29, 0.717) is 11.3 Å². The highest BCUT2D eigenvalue weighted by Crippen LogP contribution is 2.40. The van der Waals surface area contributed by atoms with Gasteiger partial charge in [-0.3, -0.25) is 10.1 Å². The van der Waals surface area contributed by atoms with Crippen LogP contribution in [0.25, 0.3) is 0 Å². The molecule has 2 heterocycles. The van der Waals surface area contributed by atoms with E-state index in [2.05, 4.69) is 36.2 Å². The van der Waals surface area contributed by atoms with Gasteiger partial charge in [0.15, 0.2) is 0 Å². The van der Waals surface area contributed by atoms with Gasteiger partial charge in [-0.25, -0.2) is 0 Å². The third kappa shape index (κ3) is 2.88. The minimum Gasteiger partial charge on any atom is -0.317 e. The van der Waals surface area contributed by atoms with Crippen LogP contribution in [-0.2, 0) is 4.79 Å². The van der Waals surface area contributed by atoms with Crippen molar-refractivity contribution in [2.75, 3.05) is 5.75 Å². The van der Waals surface area contributed by atoms with Crippen LogP contribution in [0.3, 0.4) is 0 Å². The summed E-state index contributed by atoms with van der Waals surface area (Å²) in [5.41, 5.74) is 0. The van der Waals surface area contributed by atoms with E-state index in [-0.39, 0.29) is 18.1 Å². The molecule has 4 atom stereocenters. The van der Waals surface area contributed by atoms with E-state index < -0.39 is 0 Å². The quantitative estimate of drug-likeness (QED) is 0.919. The van der Waals surface area contributed by atoms with E-state index >= 15 is 0 Å². The van der Waals surface area contributed by atoms with Crippen LogP contribution in [-0.4, -0.2) is 33.9 Å². The maximum Gasteiger partial charge on any atom is 0.241 e. The van der Waals surface area contributed by atoms with E-state index in [1.54, 1.807) is 11.3 Å². The lowest BCUT2D eigenvalue weighted by molar-refractivity contribution is -0.131.